The molecule has 0 aliphatic carbocycles. The van der Waals surface area contributed by atoms with E-state index in [0.717, 1.165) is 6.42 Å². The van der Waals surface area contributed by atoms with Crippen molar-refractivity contribution in [2.75, 3.05) is 0 Å². The average Bonchev–Trinajstić information content (AvgIpc) is 2.12. The van der Waals surface area contributed by atoms with E-state index >= 15 is 0 Å². The molecule has 0 amide bonds. The van der Waals surface area contributed by atoms with Gasteiger partial charge in [0.05, 0.1) is 0 Å². The molecule has 1 aromatic carbocycles. The standard InChI is InChI=1S/C14H18/c1-5-7-13-9-11(3)14(8-6-2)12(4)10-13/h5-6,8-10H,1,7H2,2-4H3/b8-6+. The van der Waals surface area contributed by atoms with Crippen molar-refractivity contribution in [3.8, 4) is 0 Å². The first kappa shape index (κ1) is 10.8. The molecule has 0 nitrogen and oxygen atoms in total. The van der Waals surface area contributed by atoms with Crippen molar-refractivity contribution in [1.82, 2.24) is 0 Å². The second-order valence-electron chi connectivity index (χ2n) is 3.64. The molecular formula is C14H18. The zero-order valence-electron chi connectivity index (χ0n) is 9.30. The smallest absolute Gasteiger partial charge is 0.00999 e. The average molecular weight is 186 g/mol. The van der Waals surface area contributed by atoms with Crippen LogP contribution in [0.5, 0.6) is 0 Å². The third-order valence-electron chi connectivity index (χ3n) is 2.37. The van der Waals surface area contributed by atoms with Crippen molar-refractivity contribution in [1.29, 1.82) is 0 Å². The maximum Gasteiger partial charge on any atom is -0.00999 e. The molecule has 0 atom stereocenters. The van der Waals surface area contributed by atoms with Gasteiger partial charge in [-0.1, -0.05) is 30.4 Å². The van der Waals surface area contributed by atoms with E-state index in [9.17, 15) is 0 Å². The molecule has 0 aliphatic heterocycles. The molecule has 0 heterocycles. The molecule has 0 saturated carbocycles. The van der Waals surface area contributed by atoms with E-state index in [1.165, 1.54) is 22.3 Å². The predicted molar refractivity (Wildman–Crippen MR) is 64.5 cm³/mol. The number of rotatable bonds is 3. The van der Waals surface area contributed by atoms with Crippen LogP contribution in [0.4, 0.5) is 0 Å². The highest BCUT2D eigenvalue weighted by Crippen LogP contribution is 2.18. The van der Waals surface area contributed by atoms with E-state index in [0.29, 0.717) is 0 Å². The molecular weight excluding hydrogens is 168 g/mol. The van der Waals surface area contributed by atoms with Crippen molar-refractivity contribution >= 4 is 6.08 Å². The van der Waals surface area contributed by atoms with Crippen LogP contribution < -0.4 is 0 Å². The van der Waals surface area contributed by atoms with E-state index in [4.69, 9.17) is 0 Å². The zero-order chi connectivity index (χ0) is 10.6. The van der Waals surface area contributed by atoms with Crippen LogP contribution in [0.25, 0.3) is 6.08 Å². The normalized spacial score (nSPS) is 10.8. The molecule has 0 heteroatoms. The lowest BCUT2D eigenvalue weighted by Gasteiger charge is -2.08. The Hall–Kier alpha value is -1.30. The van der Waals surface area contributed by atoms with E-state index in [-0.39, 0.29) is 0 Å². The Labute approximate surface area is 87.0 Å². The van der Waals surface area contributed by atoms with Crippen molar-refractivity contribution in [3.63, 3.8) is 0 Å². The molecule has 0 aromatic heterocycles. The second kappa shape index (κ2) is 4.80. The van der Waals surface area contributed by atoms with Gasteiger partial charge in [-0.2, -0.15) is 0 Å². The third-order valence-corrected chi connectivity index (χ3v) is 2.37. The lowest BCUT2D eigenvalue weighted by Crippen LogP contribution is -1.91. The molecule has 0 saturated heterocycles. The highest BCUT2D eigenvalue weighted by molar-refractivity contribution is 5.58. The Bertz CT molecular complexity index is 333. The van der Waals surface area contributed by atoms with Crippen LogP contribution in [0.2, 0.25) is 0 Å². The Morgan fingerprint density at radius 1 is 1.21 bits per heavy atom. The molecule has 0 spiro atoms. The lowest BCUT2D eigenvalue weighted by molar-refractivity contribution is 1.22. The third kappa shape index (κ3) is 2.35. The van der Waals surface area contributed by atoms with Gasteiger partial charge in [0, 0.05) is 0 Å². The zero-order valence-corrected chi connectivity index (χ0v) is 9.30. The molecule has 1 rings (SSSR count). The summed E-state index contributed by atoms with van der Waals surface area (Å²) in [6.45, 7) is 10.1. The van der Waals surface area contributed by atoms with Crippen molar-refractivity contribution in [2.45, 2.75) is 27.2 Å². The van der Waals surface area contributed by atoms with Gasteiger partial charge in [0.1, 0.15) is 0 Å². The fraction of sp³-hybridized carbons (Fsp3) is 0.286. The summed E-state index contributed by atoms with van der Waals surface area (Å²) in [6.07, 6.45) is 7.16. The number of benzene rings is 1. The van der Waals surface area contributed by atoms with Crippen LogP contribution in [-0.4, -0.2) is 0 Å². The molecule has 0 radical (unpaired) electrons. The summed E-state index contributed by atoms with van der Waals surface area (Å²) >= 11 is 0. The van der Waals surface area contributed by atoms with E-state index in [1.54, 1.807) is 0 Å². The van der Waals surface area contributed by atoms with Crippen LogP contribution in [0.15, 0.2) is 30.9 Å². The second-order valence-corrected chi connectivity index (χ2v) is 3.64. The summed E-state index contributed by atoms with van der Waals surface area (Å²) < 4.78 is 0. The summed E-state index contributed by atoms with van der Waals surface area (Å²) in [5.41, 5.74) is 5.39. The van der Waals surface area contributed by atoms with Gasteiger partial charge in [0.2, 0.25) is 0 Å². The first-order chi connectivity index (χ1) is 6.69. The monoisotopic (exact) mass is 186 g/mol. The first-order valence-corrected chi connectivity index (χ1v) is 5.02. The molecule has 74 valence electrons. The Morgan fingerprint density at radius 3 is 2.21 bits per heavy atom. The van der Waals surface area contributed by atoms with Crippen molar-refractivity contribution in [2.24, 2.45) is 0 Å². The van der Waals surface area contributed by atoms with Crippen molar-refractivity contribution in [3.05, 3.63) is 53.1 Å². The van der Waals surface area contributed by atoms with Crippen LogP contribution in [-0.2, 0) is 6.42 Å². The van der Waals surface area contributed by atoms with Crippen molar-refractivity contribution < 1.29 is 0 Å². The minimum absolute atomic E-state index is 0.956. The van der Waals surface area contributed by atoms with Crippen LogP contribution in [0.3, 0.4) is 0 Å². The Kier molecular flexibility index (Phi) is 3.70. The van der Waals surface area contributed by atoms with Gasteiger partial charge in [-0.15, -0.1) is 6.58 Å². The number of hydrogen-bond acceptors (Lipinski definition) is 0. The van der Waals surface area contributed by atoms with Crippen LogP contribution in [0, 0.1) is 13.8 Å². The topological polar surface area (TPSA) is 0 Å². The SMILES string of the molecule is C=CCc1cc(C)c(/C=C/C)c(C)c1. The predicted octanol–water partition coefficient (Wildman–Crippen LogP) is 4.07. The van der Waals surface area contributed by atoms with E-state index < -0.39 is 0 Å². The summed E-state index contributed by atoms with van der Waals surface area (Å²) in [6, 6.07) is 4.48. The minimum Gasteiger partial charge on any atom is -0.103 e. The molecule has 0 N–H and O–H groups in total. The van der Waals surface area contributed by atoms with Crippen LogP contribution in [0.1, 0.15) is 29.2 Å². The maximum absolute atomic E-state index is 3.76. The minimum atomic E-state index is 0.956. The van der Waals surface area contributed by atoms with Gasteiger partial charge in [0.15, 0.2) is 0 Å². The molecule has 14 heavy (non-hydrogen) atoms. The van der Waals surface area contributed by atoms with Gasteiger partial charge in [-0.05, 0) is 49.4 Å². The maximum atomic E-state index is 3.76. The Morgan fingerprint density at radius 2 is 1.79 bits per heavy atom. The van der Waals surface area contributed by atoms with Gasteiger partial charge >= 0.3 is 0 Å². The number of hydrogen-bond donors (Lipinski definition) is 0. The summed E-state index contributed by atoms with van der Waals surface area (Å²) in [5, 5.41) is 0. The summed E-state index contributed by atoms with van der Waals surface area (Å²) in [7, 11) is 0. The van der Waals surface area contributed by atoms with Gasteiger partial charge < -0.3 is 0 Å². The van der Waals surface area contributed by atoms with Gasteiger partial charge in [-0.25, -0.2) is 0 Å². The molecule has 1 aromatic rings. The van der Waals surface area contributed by atoms with Crippen LogP contribution >= 0.6 is 0 Å². The molecule has 0 aliphatic rings. The molecule has 0 unspecified atom stereocenters. The molecule has 0 bridgehead atoms. The molecule has 0 fully saturated rings. The fourth-order valence-corrected chi connectivity index (χ4v) is 1.78. The summed E-state index contributed by atoms with van der Waals surface area (Å²) in [4.78, 5) is 0. The largest absolute Gasteiger partial charge is 0.103 e. The van der Waals surface area contributed by atoms with E-state index in [2.05, 4.69) is 51.6 Å². The van der Waals surface area contributed by atoms with E-state index in [1.807, 2.05) is 6.08 Å². The fourth-order valence-electron chi connectivity index (χ4n) is 1.78. The Balaban J connectivity index is 3.17. The summed E-state index contributed by atoms with van der Waals surface area (Å²) in [5.74, 6) is 0. The first-order valence-electron chi connectivity index (χ1n) is 5.02. The number of aryl methyl sites for hydroxylation is 2. The highest BCUT2D eigenvalue weighted by Gasteiger charge is 2.00. The number of allylic oxidation sites excluding steroid dienone is 2. The quantitative estimate of drug-likeness (QED) is 0.624. The highest BCUT2D eigenvalue weighted by atomic mass is 14.1. The van der Waals surface area contributed by atoms with Gasteiger partial charge in [-0.3, -0.25) is 0 Å². The van der Waals surface area contributed by atoms with Gasteiger partial charge in [0.25, 0.3) is 0 Å². The lowest BCUT2D eigenvalue weighted by atomic mass is 9.97.